The largest absolute Gasteiger partial charge is 0.477 e. The molecule has 0 unspecified atom stereocenters. The maximum atomic E-state index is 12.8. The zero-order chi connectivity index (χ0) is 17.4. The van der Waals surface area contributed by atoms with E-state index in [-0.39, 0.29) is 17.4 Å². The van der Waals surface area contributed by atoms with E-state index in [1.54, 1.807) is 12.1 Å². The number of rotatable bonds is 4. The molecule has 1 aliphatic rings. The Morgan fingerprint density at radius 3 is 2.56 bits per heavy atom. The standard InChI is InChI=1S/C20H20N2O3/c23-19(12-4-2-1-3-5-12)15-11-21-18-10-13(6-7-14(15)18)16-8-9-17(22-16)20(24)25/h6-12,21-22H,1-5H2,(H,24,25). The SMILES string of the molecule is O=C(O)c1ccc(-c2ccc3c(C(=O)C4CCCCC4)c[nH]c3c2)[nH]1. The monoisotopic (exact) mass is 336 g/mol. The van der Waals surface area contributed by atoms with Gasteiger partial charge in [0.1, 0.15) is 5.69 Å². The van der Waals surface area contributed by atoms with E-state index < -0.39 is 5.97 Å². The third-order valence-corrected chi connectivity index (χ3v) is 5.15. The molecule has 0 saturated heterocycles. The number of carbonyl (C=O) groups excluding carboxylic acids is 1. The molecule has 3 N–H and O–H groups in total. The number of benzene rings is 1. The minimum Gasteiger partial charge on any atom is -0.477 e. The van der Waals surface area contributed by atoms with Gasteiger partial charge in [0.05, 0.1) is 0 Å². The number of hydrogen-bond donors (Lipinski definition) is 3. The first-order valence-electron chi connectivity index (χ1n) is 8.71. The fourth-order valence-corrected chi connectivity index (χ4v) is 3.77. The molecule has 1 aromatic carbocycles. The molecule has 5 heteroatoms. The Morgan fingerprint density at radius 2 is 1.84 bits per heavy atom. The second-order valence-electron chi connectivity index (χ2n) is 6.75. The van der Waals surface area contributed by atoms with Gasteiger partial charge in [-0.25, -0.2) is 4.79 Å². The Balaban J connectivity index is 1.66. The molecule has 128 valence electrons. The highest BCUT2D eigenvalue weighted by molar-refractivity contribution is 6.09. The average molecular weight is 336 g/mol. The first kappa shape index (κ1) is 15.7. The van der Waals surface area contributed by atoms with E-state index in [2.05, 4.69) is 9.97 Å². The molecule has 1 fully saturated rings. The van der Waals surface area contributed by atoms with Gasteiger partial charge in [-0.05, 0) is 31.0 Å². The van der Waals surface area contributed by atoms with Crippen molar-refractivity contribution in [2.45, 2.75) is 32.1 Å². The second-order valence-corrected chi connectivity index (χ2v) is 6.75. The van der Waals surface area contributed by atoms with Crippen LogP contribution in [-0.2, 0) is 0 Å². The van der Waals surface area contributed by atoms with Crippen molar-refractivity contribution in [2.24, 2.45) is 5.92 Å². The van der Waals surface area contributed by atoms with Crippen LogP contribution in [0.5, 0.6) is 0 Å². The third-order valence-electron chi connectivity index (χ3n) is 5.15. The van der Waals surface area contributed by atoms with Crippen molar-refractivity contribution < 1.29 is 14.7 Å². The zero-order valence-corrected chi connectivity index (χ0v) is 13.8. The number of Topliss-reactive ketones (excluding diaryl/α,β-unsaturated/α-hetero) is 1. The smallest absolute Gasteiger partial charge is 0.352 e. The Morgan fingerprint density at radius 1 is 1.04 bits per heavy atom. The molecule has 25 heavy (non-hydrogen) atoms. The molecular weight excluding hydrogens is 316 g/mol. The molecule has 2 aromatic heterocycles. The van der Waals surface area contributed by atoms with Crippen molar-refractivity contribution in [1.29, 1.82) is 0 Å². The lowest BCUT2D eigenvalue weighted by atomic mass is 9.84. The van der Waals surface area contributed by atoms with Crippen LogP contribution in [0.4, 0.5) is 0 Å². The van der Waals surface area contributed by atoms with Gasteiger partial charge in [-0.1, -0.05) is 31.4 Å². The van der Waals surface area contributed by atoms with Gasteiger partial charge in [-0.2, -0.15) is 0 Å². The van der Waals surface area contributed by atoms with Gasteiger partial charge in [0.25, 0.3) is 0 Å². The molecule has 0 radical (unpaired) electrons. The van der Waals surface area contributed by atoms with Crippen molar-refractivity contribution in [3.63, 3.8) is 0 Å². The van der Waals surface area contributed by atoms with E-state index in [0.29, 0.717) is 0 Å². The zero-order valence-electron chi connectivity index (χ0n) is 13.8. The number of carbonyl (C=O) groups is 2. The van der Waals surface area contributed by atoms with Crippen LogP contribution in [0.1, 0.15) is 53.0 Å². The molecule has 0 aliphatic heterocycles. The number of ketones is 1. The summed E-state index contributed by atoms with van der Waals surface area (Å²) in [7, 11) is 0. The number of aromatic amines is 2. The summed E-state index contributed by atoms with van der Waals surface area (Å²) in [6.07, 6.45) is 7.30. The second kappa shape index (κ2) is 6.24. The molecule has 0 amide bonds. The highest BCUT2D eigenvalue weighted by atomic mass is 16.4. The van der Waals surface area contributed by atoms with Gasteiger partial charge < -0.3 is 15.1 Å². The number of aromatic carboxylic acids is 1. The molecule has 0 atom stereocenters. The lowest BCUT2D eigenvalue weighted by Crippen LogP contribution is -2.17. The van der Waals surface area contributed by atoms with E-state index in [1.165, 1.54) is 6.42 Å². The number of H-pyrrole nitrogens is 2. The highest BCUT2D eigenvalue weighted by Crippen LogP contribution is 2.31. The van der Waals surface area contributed by atoms with Gasteiger partial charge in [-0.3, -0.25) is 4.79 Å². The lowest BCUT2D eigenvalue weighted by Gasteiger charge is -2.19. The van der Waals surface area contributed by atoms with E-state index in [9.17, 15) is 9.59 Å². The Labute approximate surface area is 145 Å². The molecule has 1 saturated carbocycles. The van der Waals surface area contributed by atoms with E-state index in [1.807, 2.05) is 24.4 Å². The van der Waals surface area contributed by atoms with Gasteiger partial charge in [0, 0.05) is 39.8 Å². The molecule has 5 nitrogen and oxygen atoms in total. The van der Waals surface area contributed by atoms with Crippen molar-refractivity contribution >= 4 is 22.7 Å². The summed E-state index contributed by atoms with van der Waals surface area (Å²) < 4.78 is 0. The number of fused-ring (bicyclic) bond motifs is 1. The molecule has 2 heterocycles. The minimum absolute atomic E-state index is 0.147. The Hall–Kier alpha value is -2.82. The van der Waals surface area contributed by atoms with Crippen LogP contribution in [0.25, 0.3) is 22.2 Å². The van der Waals surface area contributed by atoms with E-state index in [4.69, 9.17) is 5.11 Å². The summed E-state index contributed by atoms with van der Waals surface area (Å²) >= 11 is 0. The first-order valence-corrected chi connectivity index (χ1v) is 8.71. The van der Waals surface area contributed by atoms with Crippen LogP contribution in [0, 0.1) is 5.92 Å². The summed E-state index contributed by atoms with van der Waals surface area (Å²) in [5, 5.41) is 9.96. The minimum atomic E-state index is -0.979. The Bertz CT molecular complexity index is 945. The van der Waals surface area contributed by atoms with Crippen LogP contribution in [0.15, 0.2) is 36.5 Å². The van der Waals surface area contributed by atoms with Crippen molar-refractivity contribution in [1.82, 2.24) is 9.97 Å². The summed E-state index contributed by atoms with van der Waals surface area (Å²) in [6, 6.07) is 9.12. The topological polar surface area (TPSA) is 85.9 Å². The lowest BCUT2D eigenvalue weighted by molar-refractivity contribution is 0.0691. The number of hydrogen-bond acceptors (Lipinski definition) is 2. The normalized spacial score (nSPS) is 15.5. The average Bonchev–Trinajstić information content (AvgIpc) is 3.28. The molecule has 3 aromatic rings. The van der Waals surface area contributed by atoms with Crippen LogP contribution < -0.4 is 0 Å². The van der Waals surface area contributed by atoms with Crippen molar-refractivity contribution in [3.8, 4) is 11.3 Å². The third kappa shape index (κ3) is 2.86. The quantitative estimate of drug-likeness (QED) is 0.607. The molecule has 4 rings (SSSR count). The van der Waals surface area contributed by atoms with Gasteiger partial charge in [-0.15, -0.1) is 0 Å². The fraction of sp³-hybridized carbons (Fsp3) is 0.300. The highest BCUT2D eigenvalue weighted by Gasteiger charge is 2.24. The van der Waals surface area contributed by atoms with E-state index >= 15 is 0 Å². The Kier molecular flexibility index (Phi) is 3.92. The summed E-state index contributed by atoms with van der Waals surface area (Å²) in [4.78, 5) is 29.9. The number of aromatic nitrogens is 2. The summed E-state index contributed by atoms with van der Waals surface area (Å²) in [5.74, 6) is -0.590. The summed E-state index contributed by atoms with van der Waals surface area (Å²) in [6.45, 7) is 0. The summed E-state index contributed by atoms with van der Waals surface area (Å²) in [5.41, 5.74) is 3.46. The van der Waals surface area contributed by atoms with Gasteiger partial charge in [0.2, 0.25) is 0 Å². The first-order chi connectivity index (χ1) is 12.1. The number of carboxylic acid groups (broad SMARTS) is 1. The number of carboxylic acids is 1. The fourth-order valence-electron chi connectivity index (χ4n) is 3.77. The van der Waals surface area contributed by atoms with Gasteiger partial charge in [0.15, 0.2) is 5.78 Å². The van der Waals surface area contributed by atoms with Crippen LogP contribution >= 0.6 is 0 Å². The maximum Gasteiger partial charge on any atom is 0.352 e. The predicted octanol–water partition coefficient (Wildman–Crippen LogP) is 4.62. The molecule has 0 bridgehead atoms. The predicted molar refractivity (Wildman–Crippen MR) is 96.0 cm³/mol. The van der Waals surface area contributed by atoms with Crippen LogP contribution in [0.3, 0.4) is 0 Å². The van der Waals surface area contributed by atoms with Crippen LogP contribution in [0.2, 0.25) is 0 Å². The van der Waals surface area contributed by atoms with Gasteiger partial charge >= 0.3 is 5.97 Å². The molecule has 0 spiro atoms. The van der Waals surface area contributed by atoms with Crippen molar-refractivity contribution in [3.05, 3.63) is 47.8 Å². The van der Waals surface area contributed by atoms with E-state index in [0.717, 1.165) is 53.4 Å². The maximum absolute atomic E-state index is 12.8. The van der Waals surface area contributed by atoms with Crippen molar-refractivity contribution in [2.75, 3.05) is 0 Å². The van der Waals surface area contributed by atoms with Crippen LogP contribution in [-0.4, -0.2) is 26.8 Å². The molecular formula is C20H20N2O3. The molecule has 1 aliphatic carbocycles. The number of nitrogens with one attached hydrogen (secondary N) is 2.